The van der Waals surface area contributed by atoms with Gasteiger partial charge in [0.1, 0.15) is 11.5 Å². The van der Waals surface area contributed by atoms with E-state index >= 15 is 0 Å². The number of hydrogen-bond donors (Lipinski definition) is 2. The molecule has 28 heavy (non-hydrogen) atoms. The summed E-state index contributed by atoms with van der Waals surface area (Å²) in [7, 11) is 3.14. The zero-order chi connectivity index (χ0) is 20.1. The Kier molecular flexibility index (Phi) is 6.42. The minimum absolute atomic E-state index is 0.0389. The van der Waals surface area contributed by atoms with Crippen molar-refractivity contribution in [2.75, 3.05) is 25.8 Å². The van der Waals surface area contributed by atoms with Gasteiger partial charge in [0.2, 0.25) is 11.1 Å². The average Bonchev–Trinajstić information content (AvgIpc) is 3.36. The molecule has 10 heteroatoms. The highest BCUT2D eigenvalue weighted by atomic mass is 32.2. The number of ether oxygens (including phenoxy) is 2. The first-order chi connectivity index (χ1) is 13.5. The Morgan fingerprint density at radius 1 is 1.32 bits per heavy atom. The van der Waals surface area contributed by atoms with E-state index in [0.29, 0.717) is 28.0 Å². The molecule has 0 bridgehead atoms. The number of thioether (sulfide) groups is 1. The average molecular weight is 420 g/mol. The van der Waals surface area contributed by atoms with Gasteiger partial charge in [-0.3, -0.25) is 4.79 Å². The number of thiophene rings is 1. The van der Waals surface area contributed by atoms with Crippen LogP contribution in [-0.2, 0) is 4.79 Å². The Labute approximate surface area is 171 Å². The van der Waals surface area contributed by atoms with Crippen LogP contribution in [0, 0.1) is 0 Å². The van der Waals surface area contributed by atoms with Gasteiger partial charge < -0.3 is 20.6 Å². The Bertz CT molecular complexity index is 943. The van der Waals surface area contributed by atoms with Crippen molar-refractivity contribution >= 4 is 29.0 Å². The number of aromatic nitrogens is 3. The molecule has 0 radical (unpaired) electrons. The van der Waals surface area contributed by atoms with Crippen molar-refractivity contribution in [3.8, 4) is 22.9 Å². The fourth-order valence-electron chi connectivity index (χ4n) is 2.56. The quantitative estimate of drug-likeness (QED) is 0.427. The minimum Gasteiger partial charge on any atom is -0.497 e. The number of nitrogens with one attached hydrogen (secondary N) is 1. The minimum atomic E-state index is -0.0996. The summed E-state index contributed by atoms with van der Waals surface area (Å²) in [5, 5.41) is 13.6. The summed E-state index contributed by atoms with van der Waals surface area (Å²) < 4.78 is 12.0. The van der Waals surface area contributed by atoms with Gasteiger partial charge in [-0.05, 0) is 30.5 Å². The highest BCUT2D eigenvalue weighted by molar-refractivity contribution is 7.99. The van der Waals surface area contributed by atoms with Gasteiger partial charge in [-0.2, -0.15) is 0 Å². The molecule has 3 N–H and O–H groups in total. The smallest absolute Gasteiger partial charge is 0.230 e. The SMILES string of the molecule is COc1ccc(-c2nnc(SCC(=O)NC(C)c3cccs3)n2N)c(OC)c1. The van der Waals surface area contributed by atoms with Crippen LogP contribution in [0.5, 0.6) is 11.5 Å². The summed E-state index contributed by atoms with van der Waals surface area (Å²) in [4.78, 5) is 13.3. The molecule has 8 nitrogen and oxygen atoms in total. The van der Waals surface area contributed by atoms with E-state index < -0.39 is 0 Å². The number of carbonyl (C=O) groups excluding carboxylic acids is 1. The molecule has 2 heterocycles. The van der Waals surface area contributed by atoms with Gasteiger partial charge in [0.05, 0.1) is 31.6 Å². The molecule has 0 saturated heterocycles. The second kappa shape index (κ2) is 8.98. The summed E-state index contributed by atoms with van der Waals surface area (Å²) in [5.74, 6) is 7.90. The van der Waals surface area contributed by atoms with Gasteiger partial charge in [-0.25, -0.2) is 4.68 Å². The second-order valence-electron chi connectivity index (χ2n) is 5.84. The number of carbonyl (C=O) groups is 1. The molecule has 1 amide bonds. The fraction of sp³-hybridized carbons (Fsp3) is 0.278. The Hall–Kier alpha value is -2.72. The van der Waals surface area contributed by atoms with Gasteiger partial charge in [0.15, 0.2) is 5.82 Å². The largest absolute Gasteiger partial charge is 0.497 e. The van der Waals surface area contributed by atoms with Crippen LogP contribution in [0.1, 0.15) is 17.8 Å². The maximum absolute atomic E-state index is 12.2. The molecule has 0 saturated carbocycles. The van der Waals surface area contributed by atoms with Gasteiger partial charge in [-0.1, -0.05) is 17.8 Å². The Morgan fingerprint density at radius 3 is 2.82 bits per heavy atom. The predicted octanol–water partition coefficient (Wildman–Crippen LogP) is 2.71. The van der Waals surface area contributed by atoms with Crippen LogP contribution in [0.25, 0.3) is 11.4 Å². The van der Waals surface area contributed by atoms with Crippen molar-refractivity contribution in [1.29, 1.82) is 0 Å². The van der Waals surface area contributed by atoms with Crippen LogP contribution in [-0.4, -0.2) is 40.8 Å². The first-order valence-corrected chi connectivity index (χ1v) is 10.3. The van der Waals surface area contributed by atoms with Crippen molar-refractivity contribution in [1.82, 2.24) is 20.2 Å². The maximum Gasteiger partial charge on any atom is 0.230 e. The molecule has 0 fully saturated rings. The molecule has 0 aliphatic rings. The first kappa shape index (κ1) is 20.0. The Balaban J connectivity index is 1.67. The van der Waals surface area contributed by atoms with Gasteiger partial charge >= 0.3 is 0 Å². The van der Waals surface area contributed by atoms with Crippen LogP contribution < -0.4 is 20.6 Å². The van der Waals surface area contributed by atoms with E-state index in [0.717, 1.165) is 4.88 Å². The summed E-state index contributed by atoms with van der Waals surface area (Å²) in [6.45, 7) is 1.95. The molecular formula is C18H21N5O3S2. The summed E-state index contributed by atoms with van der Waals surface area (Å²) in [6.07, 6.45) is 0. The number of nitrogens with two attached hydrogens (primary N) is 1. The lowest BCUT2D eigenvalue weighted by atomic mass is 10.2. The maximum atomic E-state index is 12.2. The number of benzene rings is 1. The van der Waals surface area contributed by atoms with Crippen molar-refractivity contribution < 1.29 is 14.3 Å². The zero-order valence-electron chi connectivity index (χ0n) is 15.7. The molecule has 0 aliphatic carbocycles. The van der Waals surface area contributed by atoms with E-state index in [-0.39, 0.29) is 17.7 Å². The zero-order valence-corrected chi connectivity index (χ0v) is 17.3. The van der Waals surface area contributed by atoms with E-state index in [1.165, 1.54) is 16.4 Å². The molecule has 3 aromatic rings. The number of nitrogens with zero attached hydrogens (tertiary/aromatic N) is 3. The van der Waals surface area contributed by atoms with E-state index in [1.807, 2.05) is 24.4 Å². The number of amides is 1. The van der Waals surface area contributed by atoms with Crippen LogP contribution in [0.4, 0.5) is 0 Å². The standard InChI is InChI=1S/C18H21N5O3S2/c1-11(15-5-4-8-27-15)20-16(24)10-28-18-22-21-17(23(18)19)13-7-6-12(25-2)9-14(13)26-3/h4-9,11H,10,19H2,1-3H3,(H,20,24). The van der Waals surface area contributed by atoms with Crippen molar-refractivity contribution in [2.45, 2.75) is 18.1 Å². The van der Waals surface area contributed by atoms with Gasteiger partial charge in [-0.15, -0.1) is 21.5 Å². The number of rotatable bonds is 8. The molecular weight excluding hydrogens is 398 g/mol. The van der Waals surface area contributed by atoms with E-state index in [4.69, 9.17) is 15.3 Å². The molecule has 1 aromatic carbocycles. The van der Waals surface area contributed by atoms with Crippen LogP contribution in [0.3, 0.4) is 0 Å². The lowest BCUT2D eigenvalue weighted by Gasteiger charge is -2.12. The topological polar surface area (TPSA) is 104 Å². The third kappa shape index (κ3) is 4.39. The lowest BCUT2D eigenvalue weighted by Crippen LogP contribution is -2.28. The van der Waals surface area contributed by atoms with Crippen molar-refractivity contribution in [2.24, 2.45) is 0 Å². The van der Waals surface area contributed by atoms with Crippen molar-refractivity contribution in [3.05, 3.63) is 40.6 Å². The first-order valence-electron chi connectivity index (χ1n) is 8.42. The van der Waals surface area contributed by atoms with Gasteiger partial charge in [0, 0.05) is 10.9 Å². The highest BCUT2D eigenvalue weighted by Crippen LogP contribution is 2.33. The molecule has 2 aromatic heterocycles. The molecule has 148 valence electrons. The molecule has 3 rings (SSSR count). The second-order valence-corrected chi connectivity index (χ2v) is 7.76. The number of hydrogen-bond acceptors (Lipinski definition) is 8. The highest BCUT2D eigenvalue weighted by Gasteiger charge is 2.18. The Morgan fingerprint density at radius 2 is 2.14 bits per heavy atom. The van der Waals surface area contributed by atoms with Crippen molar-refractivity contribution in [3.63, 3.8) is 0 Å². The molecule has 1 atom stereocenters. The van der Waals surface area contributed by atoms with Crippen LogP contribution in [0.15, 0.2) is 40.9 Å². The number of nitrogen functional groups attached to an aromatic ring is 1. The predicted molar refractivity (Wildman–Crippen MR) is 110 cm³/mol. The van der Waals surface area contributed by atoms with E-state index in [2.05, 4.69) is 15.5 Å². The summed E-state index contributed by atoms with van der Waals surface area (Å²) in [6, 6.07) is 9.25. The van der Waals surface area contributed by atoms with E-state index in [9.17, 15) is 4.79 Å². The van der Waals surface area contributed by atoms with Crippen LogP contribution >= 0.6 is 23.1 Å². The normalized spacial score (nSPS) is 11.8. The van der Waals surface area contributed by atoms with Gasteiger partial charge in [0.25, 0.3) is 0 Å². The lowest BCUT2D eigenvalue weighted by molar-refractivity contribution is -0.119. The third-order valence-corrected chi connectivity index (χ3v) is 5.99. The number of methoxy groups -OCH3 is 2. The van der Waals surface area contributed by atoms with E-state index in [1.54, 1.807) is 43.8 Å². The van der Waals surface area contributed by atoms with Crippen LogP contribution in [0.2, 0.25) is 0 Å². The summed E-state index contributed by atoms with van der Waals surface area (Å²) in [5.41, 5.74) is 0.681. The molecule has 0 aliphatic heterocycles. The third-order valence-electron chi connectivity index (χ3n) is 3.99. The summed E-state index contributed by atoms with van der Waals surface area (Å²) >= 11 is 2.83. The monoisotopic (exact) mass is 419 g/mol. The molecule has 0 spiro atoms. The fourth-order valence-corrected chi connectivity index (χ4v) is 3.97. The molecule has 1 unspecified atom stereocenters.